The number of oxazole rings is 1. The number of hydrogen-bond donors (Lipinski definition) is 1. The normalized spacial score (nSPS) is 18.3. The zero-order valence-electron chi connectivity index (χ0n) is 14.8. The first kappa shape index (κ1) is 17.2. The van der Waals surface area contributed by atoms with Crippen LogP contribution in [-0.4, -0.2) is 47.6 Å². The van der Waals surface area contributed by atoms with Crippen LogP contribution in [0, 0.1) is 0 Å². The van der Waals surface area contributed by atoms with E-state index in [4.69, 9.17) is 18.6 Å². The Balaban J connectivity index is 1.41. The Morgan fingerprint density at radius 2 is 2.22 bits per heavy atom. The van der Waals surface area contributed by atoms with Crippen LogP contribution in [0.25, 0.3) is 0 Å². The van der Waals surface area contributed by atoms with Crippen LogP contribution >= 0.6 is 0 Å². The van der Waals surface area contributed by atoms with Crippen molar-refractivity contribution in [2.45, 2.75) is 26.0 Å². The van der Waals surface area contributed by atoms with Crippen LogP contribution in [0.5, 0.6) is 17.2 Å². The molecule has 2 aromatic rings. The second kappa shape index (κ2) is 7.18. The number of ether oxygens (including phenoxy) is 3. The van der Waals surface area contributed by atoms with Crippen molar-refractivity contribution in [3.63, 3.8) is 0 Å². The largest absolute Gasteiger partial charge is 0.484 e. The van der Waals surface area contributed by atoms with Gasteiger partial charge in [0.1, 0.15) is 18.1 Å². The molecule has 1 aromatic carbocycles. The molecular formula is C18H19N3O6. The molecule has 0 radical (unpaired) electrons. The van der Waals surface area contributed by atoms with Crippen LogP contribution in [0.3, 0.4) is 0 Å². The summed E-state index contributed by atoms with van der Waals surface area (Å²) in [4.78, 5) is 30.3. The van der Waals surface area contributed by atoms with Gasteiger partial charge in [-0.05, 0) is 18.6 Å². The molecule has 9 nitrogen and oxygen atoms in total. The third-order valence-electron chi connectivity index (χ3n) is 4.46. The summed E-state index contributed by atoms with van der Waals surface area (Å²) < 4.78 is 21.5. The van der Waals surface area contributed by atoms with Crippen molar-refractivity contribution in [2.24, 2.45) is 0 Å². The summed E-state index contributed by atoms with van der Waals surface area (Å²) in [5.74, 6) is 1.66. The molecule has 1 unspecified atom stereocenters. The standard InChI is InChI=1S/C18H19N3O6/c1-2-13-17(22)19-5-6-21(13)18(23)12-8-25-16(20-12)9-24-11-3-4-14-15(7-11)27-10-26-14/h3-4,7-8,13H,2,5-6,9-10H2,1H3,(H,19,22). The van der Waals surface area contributed by atoms with Gasteiger partial charge in [0, 0.05) is 19.2 Å². The fourth-order valence-electron chi connectivity index (χ4n) is 3.10. The van der Waals surface area contributed by atoms with Crippen LogP contribution in [0.15, 0.2) is 28.9 Å². The van der Waals surface area contributed by atoms with Crippen molar-refractivity contribution in [1.29, 1.82) is 0 Å². The summed E-state index contributed by atoms with van der Waals surface area (Å²) in [5.41, 5.74) is 0.160. The predicted molar refractivity (Wildman–Crippen MR) is 91.5 cm³/mol. The molecule has 9 heteroatoms. The monoisotopic (exact) mass is 373 g/mol. The molecule has 2 aliphatic heterocycles. The van der Waals surface area contributed by atoms with Gasteiger partial charge in [0.15, 0.2) is 23.8 Å². The molecule has 1 fully saturated rings. The molecule has 4 rings (SSSR count). The van der Waals surface area contributed by atoms with Crippen molar-refractivity contribution in [1.82, 2.24) is 15.2 Å². The van der Waals surface area contributed by atoms with Crippen LogP contribution in [-0.2, 0) is 11.4 Å². The molecule has 27 heavy (non-hydrogen) atoms. The van der Waals surface area contributed by atoms with E-state index in [0.29, 0.717) is 36.8 Å². The second-order valence-corrected chi connectivity index (χ2v) is 6.14. The number of piperazine rings is 1. The maximum absolute atomic E-state index is 12.7. The van der Waals surface area contributed by atoms with Gasteiger partial charge in [-0.15, -0.1) is 0 Å². The lowest BCUT2D eigenvalue weighted by Gasteiger charge is -2.33. The number of nitrogens with zero attached hydrogens (tertiary/aromatic N) is 2. The molecule has 2 amide bonds. The average molecular weight is 373 g/mol. The van der Waals surface area contributed by atoms with Crippen LogP contribution in [0.4, 0.5) is 0 Å². The summed E-state index contributed by atoms with van der Waals surface area (Å²) in [5, 5.41) is 2.76. The Kier molecular flexibility index (Phi) is 4.57. The van der Waals surface area contributed by atoms with E-state index in [1.807, 2.05) is 6.92 Å². The van der Waals surface area contributed by atoms with Gasteiger partial charge in [0.05, 0.1) is 0 Å². The number of amides is 2. The first-order chi connectivity index (χ1) is 13.2. The topological polar surface area (TPSA) is 103 Å². The first-order valence-electron chi connectivity index (χ1n) is 8.71. The zero-order chi connectivity index (χ0) is 18.8. The number of carbonyl (C=O) groups is 2. The molecule has 1 saturated heterocycles. The number of fused-ring (bicyclic) bond motifs is 1. The van der Waals surface area contributed by atoms with E-state index < -0.39 is 6.04 Å². The van der Waals surface area contributed by atoms with Crippen molar-refractivity contribution in [2.75, 3.05) is 19.9 Å². The van der Waals surface area contributed by atoms with Crippen LogP contribution < -0.4 is 19.5 Å². The average Bonchev–Trinajstić information content (AvgIpc) is 3.34. The molecule has 2 aliphatic rings. The van der Waals surface area contributed by atoms with Gasteiger partial charge < -0.3 is 28.8 Å². The van der Waals surface area contributed by atoms with Gasteiger partial charge in [-0.3, -0.25) is 9.59 Å². The Bertz CT molecular complexity index is 865. The summed E-state index contributed by atoms with van der Waals surface area (Å²) in [7, 11) is 0. The highest BCUT2D eigenvalue weighted by Gasteiger charge is 2.33. The number of benzene rings is 1. The Morgan fingerprint density at radius 1 is 1.37 bits per heavy atom. The highest BCUT2D eigenvalue weighted by atomic mass is 16.7. The fraction of sp³-hybridized carbons (Fsp3) is 0.389. The molecule has 1 aromatic heterocycles. The van der Waals surface area contributed by atoms with Gasteiger partial charge in [0.2, 0.25) is 18.6 Å². The summed E-state index contributed by atoms with van der Waals surface area (Å²) in [6, 6.07) is 4.74. The van der Waals surface area contributed by atoms with Crippen LogP contribution in [0.1, 0.15) is 29.7 Å². The van der Waals surface area contributed by atoms with E-state index in [-0.39, 0.29) is 36.8 Å². The smallest absolute Gasteiger partial charge is 0.276 e. The van der Waals surface area contributed by atoms with E-state index in [2.05, 4.69) is 10.3 Å². The Morgan fingerprint density at radius 3 is 3.07 bits per heavy atom. The van der Waals surface area contributed by atoms with Crippen molar-refractivity contribution < 1.29 is 28.2 Å². The number of carbonyl (C=O) groups excluding carboxylic acids is 2. The first-order valence-corrected chi connectivity index (χ1v) is 8.71. The highest BCUT2D eigenvalue weighted by Crippen LogP contribution is 2.35. The van der Waals surface area contributed by atoms with Crippen molar-refractivity contribution in [3.05, 3.63) is 36.0 Å². The molecule has 3 heterocycles. The number of nitrogens with one attached hydrogen (secondary N) is 1. The summed E-state index contributed by atoms with van der Waals surface area (Å²) in [6.45, 7) is 2.99. The lowest BCUT2D eigenvalue weighted by Crippen LogP contribution is -2.56. The maximum Gasteiger partial charge on any atom is 0.276 e. The molecule has 142 valence electrons. The molecule has 0 bridgehead atoms. The van der Waals surface area contributed by atoms with E-state index in [1.165, 1.54) is 11.2 Å². The molecule has 0 spiro atoms. The van der Waals surface area contributed by atoms with Gasteiger partial charge in [0.25, 0.3) is 5.91 Å². The molecular weight excluding hydrogens is 354 g/mol. The van der Waals surface area contributed by atoms with Gasteiger partial charge >= 0.3 is 0 Å². The van der Waals surface area contributed by atoms with E-state index in [0.717, 1.165) is 0 Å². The highest BCUT2D eigenvalue weighted by molar-refractivity contribution is 5.96. The lowest BCUT2D eigenvalue weighted by atomic mass is 10.1. The lowest BCUT2D eigenvalue weighted by molar-refractivity contribution is -0.127. The van der Waals surface area contributed by atoms with Crippen LogP contribution in [0.2, 0.25) is 0 Å². The Labute approximate surface area is 155 Å². The molecule has 0 saturated carbocycles. The third kappa shape index (κ3) is 3.40. The van der Waals surface area contributed by atoms with Crippen molar-refractivity contribution >= 4 is 11.8 Å². The quantitative estimate of drug-likeness (QED) is 0.843. The summed E-state index contributed by atoms with van der Waals surface area (Å²) in [6.07, 6.45) is 1.83. The van der Waals surface area contributed by atoms with Gasteiger partial charge in [-0.25, -0.2) is 4.98 Å². The minimum Gasteiger partial charge on any atom is -0.484 e. The molecule has 1 N–H and O–H groups in total. The fourth-order valence-corrected chi connectivity index (χ4v) is 3.10. The number of hydrogen-bond acceptors (Lipinski definition) is 7. The zero-order valence-corrected chi connectivity index (χ0v) is 14.8. The minimum atomic E-state index is -0.490. The van der Waals surface area contributed by atoms with Crippen molar-refractivity contribution in [3.8, 4) is 17.2 Å². The van der Waals surface area contributed by atoms with Gasteiger partial charge in [-0.1, -0.05) is 6.92 Å². The summed E-state index contributed by atoms with van der Waals surface area (Å²) >= 11 is 0. The number of rotatable bonds is 5. The second-order valence-electron chi connectivity index (χ2n) is 6.14. The van der Waals surface area contributed by atoms with E-state index in [9.17, 15) is 9.59 Å². The minimum absolute atomic E-state index is 0.0601. The maximum atomic E-state index is 12.7. The SMILES string of the molecule is CCC1C(=O)NCCN1C(=O)c1coc(COc2ccc3c(c2)OCO3)n1. The van der Waals surface area contributed by atoms with E-state index in [1.54, 1.807) is 18.2 Å². The third-order valence-corrected chi connectivity index (χ3v) is 4.46. The number of aromatic nitrogens is 1. The molecule has 1 atom stereocenters. The predicted octanol–water partition coefficient (Wildman–Crippen LogP) is 1.33. The molecule has 0 aliphatic carbocycles. The van der Waals surface area contributed by atoms with E-state index >= 15 is 0 Å². The van der Waals surface area contributed by atoms with Gasteiger partial charge in [-0.2, -0.15) is 0 Å². The Hall–Kier alpha value is -3.23.